The predicted molar refractivity (Wildman–Crippen MR) is 122 cm³/mol. The molecule has 0 spiro atoms. The lowest BCUT2D eigenvalue weighted by molar-refractivity contribution is -0.117. The van der Waals surface area contributed by atoms with Crippen molar-refractivity contribution in [1.29, 1.82) is 0 Å². The Kier molecular flexibility index (Phi) is 4.60. The predicted octanol–water partition coefficient (Wildman–Crippen LogP) is 3.94. The van der Waals surface area contributed by atoms with Crippen LogP contribution in [0.1, 0.15) is 47.2 Å². The highest BCUT2D eigenvalue weighted by Gasteiger charge is 2.35. The van der Waals surface area contributed by atoms with E-state index in [4.69, 9.17) is 4.52 Å². The van der Waals surface area contributed by atoms with Crippen molar-refractivity contribution in [2.24, 2.45) is 0 Å². The molecule has 4 heterocycles. The van der Waals surface area contributed by atoms with Crippen LogP contribution in [0.5, 0.6) is 0 Å². The summed E-state index contributed by atoms with van der Waals surface area (Å²) >= 11 is 0. The highest BCUT2D eigenvalue weighted by molar-refractivity contribution is 5.96. The minimum atomic E-state index is -0.117. The van der Waals surface area contributed by atoms with E-state index in [0.29, 0.717) is 24.7 Å². The van der Waals surface area contributed by atoms with Crippen LogP contribution in [0.2, 0.25) is 0 Å². The van der Waals surface area contributed by atoms with Crippen molar-refractivity contribution < 1.29 is 9.32 Å². The minimum Gasteiger partial charge on any atom is -0.339 e. The van der Waals surface area contributed by atoms with Crippen LogP contribution in [-0.2, 0) is 17.6 Å². The molecule has 8 nitrogen and oxygen atoms in total. The normalized spacial score (nSPS) is 17.7. The third-order valence-corrected chi connectivity index (χ3v) is 6.54. The number of aromatic nitrogens is 5. The number of nitrogens with zero attached hydrogens (tertiary/aromatic N) is 6. The van der Waals surface area contributed by atoms with Gasteiger partial charge in [0.25, 0.3) is 0 Å². The summed E-state index contributed by atoms with van der Waals surface area (Å²) < 4.78 is 7.37. The lowest BCUT2D eigenvalue weighted by Crippen LogP contribution is -2.24. The molecular weight excluding hydrogens is 416 g/mol. The van der Waals surface area contributed by atoms with Crippen molar-refractivity contribution in [2.75, 3.05) is 11.4 Å². The van der Waals surface area contributed by atoms with E-state index < -0.39 is 0 Å². The van der Waals surface area contributed by atoms with Crippen LogP contribution in [0.4, 0.5) is 5.69 Å². The van der Waals surface area contributed by atoms with E-state index in [0.717, 1.165) is 41.3 Å². The van der Waals surface area contributed by atoms with Crippen molar-refractivity contribution in [1.82, 2.24) is 24.9 Å². The molecule has 0 radical (unpaired) electrons. The fraction of sp³-hybridized carbons (Fsp3) is 0.320. The molecule has 6 rings (SSSR count). The number of hydrogen-bond donors (Lipinski definition) is 0. The molecule has 1 aliphatic carbocycles. The third-order valence-electron chi connectivity index (χ3n) is 6.54. The van der Waals surface area contributed by atoms with E-state index in [1.165, 1.54) is 17.5 Å². The zero-order valence-corrected chi connectivity index (χ0v) is 18.7. The fourth-order valence-electron chi connectivity index (χ4n) is 4.87. The van der Waals surface area contributed by atoms with Crippen LogP contribution in [0.15, 0.2) is 47.1 Å². The molecule has 0 bridgehead atoms. The summed E-state index contributed by atoms with van der Waals surface area (Å²) in [5, 5.41) is 8.61. The average Bonchev–Trinajstić information content (AvgIpc) is 3.59. The monoisotopic (exact) mass is 440 g/mol. The molecule has 8 heteroatoms. The average molecular weight is 441 g/mol. The summed E-state index contributed by atoms with van der Waals surface area (Å²) in [4.78, 5) is 23.7. The Hall–Kier alpha value is -3.81. The maximum Gasteiger partial charge on any atom is 0.232 e. The van der Waals surface area contributed by atoms with E-state index in [2.05, 4.69) is 38.4 Å². The molecule has 1 amide bonds. The summed E-state index contributed by atoms with van der Waals surface area (Å²) in [6.45, 7) is 4.50. The number of rotatable bonds is 4. The zero-order valence-electron chi connectivity index (χ0n) is 18.7. The zero-order chi connectivity index (χ0) is 22.5. The van der Waals surface area contributed by atoms with E-state index >= 15 is 0 Å². The smallest absolute Gasteiger partial charge is 0.232 e. The van der Waals surface area contributed by atoms with Gasteiger partial charge in [0.1, 0.15) is 0 Å². The molecule has 1 aliphatic heterocycles. The minimum absolute atomic E-state index is 0.0913. The second-order valence-electron chi connectivity index (χ2n) is 8.91. The maximum atomic E-state index is 12.8. The van der Waals surface area contributed by atoms with Crippen LogP contribution in [-0.4, -0.2) is 37.4 Å². The Balaban J connectivity index is 1.20. The van der Waals surface area contributed by atoms with Gasteiger partial charge in [0.05, 0.1) is 11.6 Å². The number of benzene rings is 1. The van der Waals surface area contributed by atoms with Crippen molar-refractivity contribution in [3.05, 3.63) is 71.0 Å². The van der Waals surface area contributed by atoms with E-state index in [9.17, 15) is 4.79 Å². The van der Waals surface area contributed by atoms with Crippen LogP contribution in [0.25, 0.3) is 17.2 Å². The van der Waals surface area contributed by atoms with Gasteiger partial charge >= 0.3 is 0 Å². The number of carbonyl (C=O) groups is 1. The van der Waals surface area contributed by atoms with Crippen molar-refractivity contribution >= 4 is 11.6 Å². The van der Waals surface area contributed by atoms with E-state index in [-0.39, 0.29) is 11.8 Å². The van der Waals surface area contributed by atoms with E-state index in [1.54, 1.807) is 10.9 Å². The van der Waals surface area contributed by atoms with Crippen LogP contribution in [0, 0.1) is 13.8 Å². The lowest BCUT2D eigenvalue weighted by atomic mass is 10.1. The van der Waals surface area contributed by atoms with Gasteiger partial charge in [0.2, 0.25) is 17.6 Å². The maximum absolute atomic E-state index is 12.8. The third kappa shape index (κ3) is 3.51. The molecule has 1 fully saturated rings. The summed E-state index contributed by atoms with van der Waals surface area (Å²) in [7, 11) is 0. The number of fused-ring (bicyclic) bond motifs is 1. The second kappa shape index (κ2) is 7.65. The van der Waals surface area contributed by atoms with Crippen molar-refractivity contribution in [3.8, 4) is 17.2 Å². The topological polar surface area (TPSA) is 89.9 Å². The molecule has 0 saturated carbocycles. The number of anilines is 1. The Morgan fingerprint density at radius 3 is 2.73 bits per heavy atom. The van der Waals surface area contributed by atoms with E-state index in [1.807, 2.05) is 36.9 Å². The quantitative estimate of drug-likeness (QED) is 0.477. The number of amides is 1. The molecule has 0 N–H and O–H groups in total. The lowest BCUT2D eigenvalue weighted by Gasteiger charge is -2.17. The molecule has 1 unspecified atom stereocenters. The summed E-state index contributed by atoms with van der Waals surface area (Å²) in [5.74, 6) is 1.67. The molecule has 4 aromatic rings. The molecule has 1 saturated heterocycles. The first kappa shape index (κ1) is 19.8. The Bertz CT molecular complexity index is 1350. The number of aryl methyl sites for hydroxylation is 4. The van der Waals surface area contributed by atoms with Gasteiger partial charge in [0, 0.05) is 36.1 Å². The summed E-state index contributed by atoms with van der Waals surface area (Å²) in [6.07, 6.45) is 5.50. The van der Waals surface area contributed by atoms with Crippen molar-refractivity contribution in [3.63, 3.8) is 0 Å². The molecule has 33 heavy (non-hydrogen) atoms. The number of pyridine rings is 1. The first-order chi connectivity index (χ1) is 16.0. The Morgan fingerprint density at radius 1 is 1.06 bits per heavy atom. The van der Waals surface area contributed by atoms with Crippen LogP contribution >= 0.6 is 0 Å². The number of carbonyl (C=O) groups excluding carboxylic acids is 1. The molecule has 2 aliphatic rings. The summed E-state index contributed by atoms with van der Waals surface area (Å²) in [6, 6.07) is 12.2. The van der Waals surface area contributed by atoms with Gasteiger partial charge in [-0.15, -0.1) is 0 Å². The summed E-state index contributed by atoms with van der Waals surface area (Å²) in [5.41, 5.74) is 6.46. The van der Waals surface area contributed by atoms with Gasteiger partial charge in [-0.2, -0.15) is 10.1 Å². The van der Waals surface area contributed by atoms with Crippen LogP contribution < -0.4 is 4.90 Å². The SMILES string of the molecule is Cc1cc(C)n(-c2ccc(-c3noc(C4CC(=O)N(c5ccc6c(c5)CCC6)C4)n3)cn2)n1. The molecular formula is C25H24N6O2. The highest BCUT2D eigenvalue weighted by atomic mass is 16.5. The molecule has 1 atom stereocenters. The fourth-order valence-corrected chi connectivity index (χ4v) is 4.87. The molecule has 1 aromatic carbocycles. The first-order valence-electron chi connectivity index (χ1n) is 11.3. The van der Waals surface area contributed by atoms with Gasteiger partial charge in [0.15, 0.2) is 5.82 Å². The van der Waals surface area contributed by atoms with Gasteiger partial charge in [-0.25, -0.2) is 9.67 Å². The Labute approximate surface area is 191 Å². The first-order valence-corrected chi connectivity index (χ1v) is 11.3. The largest absolute Gasteiger partial charge is 0.339 e. The highest BCUT2D eigenvalue weighted by Crippen LogP contribution is 2.34. The van der Waals surface area contributed by atoms with Gasteiger partial charge < -0.3 is 9.42 Å². The van der Waals surface area contributed by atoms with Gasteiger partial charge in [-0.3, -0.25) is 4.79 Å². The van der Waals surface area contributed by atoms with Gasteiger partial charge in [-0.05, 0) is 74.6 Å². The Morgan fingerprint density at radius 2 is 1.94 bits per heavy atom. The second-order valence-corrected chi connectivity index (χ2v) is 8.91. The van der Waals surface area contributed by atoms with Crippen LogP contribution in [0.3, 0.4) is 0 Å². The number of hydrogen-bond acceptors (Lipinski definition) is 6. The van der Waals surface area contributed by atoms with Crippen molar-refractivity contribution in [2.45, 2.75) is 45.4 Å². The van der Waals surface area contributed by atoms with Gasteiger partial charge in [-0.1, -0.05) is 11.2 Å². The molecule has 3 aromatic heterocycles. The molecule has 166 valence electrons. The standard InChI is InChI=1S/C25H24N6O2/c1-15-10-16(2)31(28-15)22-9-7-19(13-26-22)24-27-25(33-29-24)20-12-23(32)30(14-20)21-8-6-17-4-3-5-18(17)11-21/h6-11,13,20H,3-5,12,14H2,1-2H3.